The Bertz CT molecular complexity index is 374. The summed E-state index contributed by atoms with van der Waals surface area (Å²) in [6.07, 6.45) is 3.84. The van der Waals surface area contributed by atoms with E-state index in [-0.39, 0.29) is 10.8 Å². The minimum absolute atomic E-state index is 0.247. The molecule has 2 rings (SSSR count). The van der Waals surface area contributed by atoms with Crippen LogP contribution in [0.25, 0.3) is 0 Å². The van der Waals surface area contributed by atoms with Gasteiger partial charge >= 0.3 is 0 Å². The van der Waals surface area contributed by atoms with Crippen LogP contribution >= 0.6 is 11.6 Å². The Hall–Kier alpha value is -0.600. The number of halogens is 2. The Labute approximate surface area is 101 Å². The molecule has 88 valence electrons. The van der Waals surface area contributed by atoms with Gasteiger partial charge in [0, 0.05) is 13.1 Å². The minimum Gasteiger partial charge on any atom is -0.312 e. The van der Waals surface area contributed by atoms with Gasteiger partial charge in [0.25, 0.3) is 0 Å². The van der Waals surface area contributed by atoms with E-state index >= 15 is 0 Å². The lowest BCUT2D eigenvalue weighted by Crippen LogP contribution is -2.23. The highest BCUT2D eigenvalue weighted by atomic mass is 35.5. The highest BCUT2D eigenvalue weighted by molar-refractivity contribution is 6.31. The van der Waals surface area contributed by atoms with Crippen molar-refractivity contribution in [1.29, 1.82) is 0 Å². The first-order chi connectivity index (χ1) is 7.67. The van der Waals surface area contributed by atoms with Gasteiger partial charge in [0.1, 0.15) is 5.82 Å². The topological polar surface area (TPSA) is 12.0 Å². The number of hydrogen-bond acceptors (Lipinski definition) is 1. The van der Waals surface area contributed by atoms with Crippen LogP contribution in [0.4, 0.5) is 4.39 Å². The third-order valence-corrected chi connectivity index (χ3v) is 3.98. The second-order valence-corrected chi connectivity index (χ2v) is 5.05. The van der Waals surface area contributed by atoms with Crippen molar-refractivity contribution in [3.8, 4) is 0 Å². The molecule has 0 spiro atoms. The van der Waals surface area contributed by atoms with E-state index < -0.39 is 0 Å². The molecule has 0 radical (unpaired) electrons. The molecule has 1 aliphatic carbocycles. The molecule has 3 heteroatoms. The molecule has 1 N–H and O–H groups in total. The number of hydrogen-bond donors (Lipinski definition) is 1. The molecule has 0 aliphatic heterocycles. The average molecular weight is 242 g/mol. The van der Waals surface area contributed by atoms with E-state index in [1.54, 1.807) is 6.07 Å². The lowest BCUT2D eigenvalue weighted by Gasteiger charge is -2.14. The second kappa shape index (κ2) is 4.72. The minimum atomic E-state index is -0.336. The summed E-state index contributed by atoms with van der Waals surface area (Å²) in [7, 11) is 0. The molecule has 1 saturated carbocycles. The Morgan fingerprint density at radius 1 is 1.44 bits per heavy atom. The van der Waals surface area contributed by atoms with Gasteiger partial charge in [0.05, 0.1) is 5.02 Å². The van der Waals surface area contributed by atoms with Crippen LogP contribution in [0, 0.1) is 11.2 Å². The van der Waals surface area contributed by atoms with Gasteiger partial charge in [-0.2, -0.15) is 0 Å². The van der Waals surface area contributed by atoms with Crippen molar-refractivity contribution in [2.24, 2.45) is 5.41 Å². The highest BCUT2D eigenvalue weighted by Gasteiger charge is 2.39. The fourth-order valence-electron chi connectivity index (χ4n) is 1.98. The zero-order valence-corrected chi connectivity index (χ0v) is 10.3. The van der Waals surface area contributed by atoms with E-state index in [1.165, 1.54) is 25.3 Å². The molecule has 0 heterocycles. The van der Waals surface area contributed by atoms with Gasteiger partial charge in [-0.1, -0.05) is 30.7 Å². The maximum absolute atomic E-state index is 13.2. The first kappa shape index (κ1) is 11.9. The van der Waals surface area contributed by atoms with Crippen molar-refractivity contribution in [2.75, 3.05) is 6.54 Å². The highest BCUT2D eigenvalue weighted by Crippen LogP contribution is 2.47. The van der Waals surface area contributed by atoms with Gasteiger partial charge in [-0.15, -0.1) is 0 Å². The molecular formula is C13H17ClFN. The van der Waals surface area contributed by atoms with Crippen molar-refractivity contribution in [1.82, 2.24) is 5.32 Å². The van der Waals surface area contributed by atoms with Crippen LogP contribution in [0.2, 0.25) is 5.02 Å². The standard InChI is InChI=1S/C13H17ClFN/c1-2-13(6-7-13)9-16-8-10-4-3-5-11(15)12(10)14/h3-5,16H,2,6-9H2,1H3. The van der Waals surface area contributed by atoms with Crippen LogP contribution in [0.3, 0.4) is 0 Å². The number of rotatable bonds is 5. The Morgan fingerprint density at radius 3 is 2.81 bits per heavy atom. The summed E-state index contributed by atoms with van der Waals surface area (Å²) < 4.78 is 13.2. The van der Waals surface area contributed by atoms with Gasteiger partial charge in [0.2, 0.25) is 0 Å². The van der Waals surface area contributed by atoms with Crippen LogP contribution in [0.1, 0.15) is 31.7 Å². The smallest absolute Gasteiger partial charge is 0.142 e. The zero-order chi connectivity index (χ0) is 11.6. The van der Waals surface area contributed by atoms with Crippen molar-refractivity contribution >= 4 is 11.6 Å². The predicted octanol–water partition coefficient (Wildman–Crippen LogP) is 3.76. The molecule has 0 aromatic heterocycles. The van der Waals surface area contributed by atoms with E-state index in [9.17, 15) is 4.39 Å². The summed E-state index contributed by atoms with van der Waals surface area (Å²) in [5.41, 5.74) is 1.35. The van der Waals surface area contributed by atoms with Gasteiger partial charge < -0.3 is 5.32 Å². The molecule has 16 heavy (non-hydrogen) atoms. The molecular weight excluding hydrogens is 225 g/mol. The third-order valence-electron chi connectivity index (χ3n) is 3.55. The second-order valence-electron chi connectivity index (χ2n) is 4.67. The summed E-state index contributed by atoms with van der Waals surface area (Å²) >= 11 is 5.88. The fourth-order valence-corrected chi connectivity index (χ4v) is 2.17. The van der Waals surface area contributed by atoms with E-state index in [2.05, 4.69) is 12.2 Å². The summed E-state index contributed by atoms with van der Waals surface area (Å²) in [5, 5.41) is 3.62. The van der Waals surface area contributed by atoms with Gasteiger partial charge in [-0.3, -0.25) is 0 Å². The predicted molar refractivity (Wildman–Crippen MR) is 65.1 cm³/mol. The molecule has 1 aromatic rings. The van der Waals surface area contributed by atoms with Crippen molar-refractivity contribution in [3.05, 3.63) is 34.6 Å². The van der Waals surface area contributed by atoms with Gasteiger partial charge in [0.15, 0.2) is 0 Å². The molecule has 0 unspecified atom stereocenters. The van der Waals surface area contributed by atoms with Crippen molar-refractivity contribution in [2.45, 2.75) is 32.7 Å². The molecule has 0 bridgehead atoms. The lowest BCUT2D eigenvalue weighted by atomic mass is 10.0. The molecule has 0 saturated heterocycles. The normalized spacial score (nSPS) is 17.4. The third kappa shape index (κ3) is 2.55. The fraction of sp³-hybridized carbons (Fsp3) is 0.538. The van der Waals surface area contributed by atoms with Crippen molar-refractivity contribution in [3.63, 3.8) is 0 Å². The van der Waals surface area contributed by atoms with E-state index in [4.69, 9.17) is 11.6 Å². The number of benzene rings is 1. The Kier molecular flexibility index (Phi) is 3.50. The molecule has 1 fully saturated rings. The van der Waals surface area contributed by atoms with Crippen LogP contribution in [0.15, 0.2) is 18.2 Å². The van der Waals surface area contributed by atoms with Crippen molar-refractivity contribution < 1.29 is 4.39 Å². The molecule has 1 nitrogen and oxygen atoms in total. The zero-order valence-electron chi connectivity index (χ0n) is 9.52. The molecule has 1 aromatic carbocycles. The van der Waals surface area contributed by atoms with Crippen LogP contribution in [-0.2, 0) is 6.54 Å². The summed E-state index contributed by atoms with van der Waals surface area (Å²) in [6, 6.07) is 4.95. The maximum Gasteiger partial charge on any atom is 0.142 e. The van der Waals surface area contributed by atoms with E-state index in [0.717, 1.165) is 12.1 Å². The first-order valence-electron chi connectivity index (χ1n) is 5.80. The average Bonchev–Trinajstić information content (AvgIpc) is 3.05. The van der Waals surface area contributed by atoms with Gasteiger partial charge in [-0.05, 0) is 36.3 Å². The molecule has 0 amide bonds. The Morgan fingerprint density at radius 2 is 2.19 bits per heavy atom. The van der Waals surface area contributed by atoms with Crippen LogP contribution in [0.5, 0.6) is 0 Å². The Balaban J connectivity index is 1.88. The molecule has 1 aliphatic rings. The largest absolute Gasteiger partial charge is 0.312 e. The SMILES string of the molecule is CCC1(CNCc2cccc(F)c2Cl)CC1. The first-order valence-corrected chi connectivity index (χ1v) is 6.18. The summed E-state index contributed by atoms with van der Waals surface area (Å²) in [4.78, 5) is 0. The van der Waals surface area contributed by atoms with Gasteiger partial charge in [-0.25, -0.2) is 4.39 Å². The summed E-state index contributed by atoms with van der Waals surface area (Å²) in [6.45, 7) is 3.89. The maximum atomic E-state index is 13.2. The van der Waals surface area contributed by atoms with Crippen LogP contribution in [-0.4, -0.2) is 6.54 Å². The van der Waals surface area contributed by atoms with Crippen LogP contribution < -0.4 is 5.32 Å². The quantitative estimate of drug-likeness (QED) is 0.828. The summed E-state index contributed by atoms with van der Waals surface area (Å²) in [5.74, 6) is -0.336. The van der Waals surface area contributed by atoms with E-state index in [0.29, 0.717) is 12.0 Å². The monoisotopic (exact) mass is 241 g/mol. The lowest BCUT2D eigenvalue weighted by molar-refractivity contribution is 0.443. The number of nitrogens with one attached hydrogen (secondary N) is 1. The van der Waals surface area contributed by atoms with E-state index in [1.807, 2.05) is 6.07 Å². The molecule has 0 atom stereocenters.